The standard InChI is InChI=1S/C6H11NO2/c1-5(2)6(8)3-4-7-9/h7,9H,1,3-4H2,2H3. The van der Waals surface area contributed by atoms with Crippen LogP contribution in [0.3, 0.4) is 0 Å². The molecular weight excluding hydrogens is 118 g/mol. The van der Waals surface area contributed by atoms with Gasteiger partial charge in [0.25, 0.3) is 0 Å². The first-order chi connectivity index (χ1) is 4.18. The summed E-state index contributed by atoms with van der Waals surface area (Å²) in [6, 6.07) is 0. The molecule has 52 valence electrons. The van der Waals surface area contributed by atoms with Gasteiger partial charge in [0, 0.05) is 13.0 Å². The van der Waals surface area contributed by atoms with E-state index in [0.29, 0.717) is 18.5 Å². The van der Waals surface area contributed by atoms with Crippen LogP contribution >= 0.6 is 0 Å². The van der Waals surface area contributed by atoms with Crippen LogP contribution in [0.2, 0.25) is 0 Å². The van der Waals surface area contributed by atoms with Crippen molar-refractivity contribution in [1.29, 1.82) is 0 Å². The number of rotatable bonds is 4. The molecule has 0 saturated carbocycles. The van der Waals surface area contributed by atoms with Crippen molar-refractivity contribution in [2.24, 2.45) is 0 Å². The van der Waals surface area contributed by atoms with Gasteiger partial charge in [-0.05, 0) is 12.5 Å². The third-order valence-electron chi connectivity index (χ3n) is 0.940. The van der Waals surface area contributed by atoms with Gasteiger partial charge < -0.3 is 5.21 Å². The molecule has 0 spiro atoms. The summed E-state index contributed by atoms with van der Waals surface area (Å²) in [5.41, 5.74) is 2.42. The van der Waals surface area contributed by atoms with E-state index in [1.165, 1.54) is 0 Å². The lowest BCUT2D eigenvalue weighted by molar-refractivity contribution is -0.115. The van der Waals surface area contributed by atoms with E-state index in [1.807, 2.05) is 5.48 Å². The molecule has 0 heterocycles. The molecule has 0 radical (unpaired) electrons. The summed E-state index contributed by atoms with van der Waals surface area (Å²) in [6.45, 7) is 5.40. The van der Waals surface area contributed by atoms with Crippen LogP contribution in [0.1, 0.15) is 13.3 Å². The van der Waals surface area contributed by atoms with Crippen molar-refractivity contribution in [2.45, 2.75) is 13.3 Å². The van der Waals surface area contributed by atoms with Gasteiger partial charge in [-0.3, -0.25) is 4.79 Å². The van der Waals surface area contributed by atoms with Crippen molar-refractivity contribution < 1.29 is 10.0 Å². The summed E-state index contributed by atoms with van der Waals surface area (Å²) >= 11 is 0. The zero-order chi connectivity index (χ0) is 7.28. The molecule has 0 rings (SSSR count). The molecule has 3 nitrogen and oxygen atoms in total. The number of nitrogens with one attached hydrogen (secondary N) is 1. The predicted molar refractivity (Wildman–Crippen MR) is 34.2 cm³/mol. The first-order valence-electron chi connectivity index (χ1n) is 2.74. The molecule has 0 aliphatic carbocycles. The second-order valence-corrected chi connectivity index (χ2v) is 1.86. The van der Waals surface area contributed by atoms with Crippen molar-refractivity contribution >= 4 is 5.78 Å². The van der Waals surface area contributed by atoms with Crippen LogP contribution in [0.15, 0.2) is 12.2 Å². The minimum atomic E-state index is -0.0171. The van der Waals surface area contributed by atoms with Crippen LogP contribution in [0.4, 0.5) is 0 Å². The van der Waals surface area contributed by atoms with E-state index >= 15 is 0 Å². The molecule has 0 aromatic carbocycles. The Morgan fingerprint density at radius 2 is 2.33 bits per heavy atom. The lowest BCUT2D eigenvalue weighted by Crippen LogP contribution is -2.13. The lowest BCUT2D eigenvalue weighted by Gasteiger charge is -1.95. The molecule has 0 saturated heterocycles. The third kappa shape index (κ3) is 3.88. The highest BCUT2D eigenvalue weighted by molar-refractivity contribution is 5.94. The average molecular weight is 129 g/mol. The zero-order valence-corrected chi connectivity index (χ0v) is 5.48. The number of Topliss-reactive ketones (excluding diaryl/α,β-unsaturated/α-hetero) is 1. The van der Waals surface area contributed by atoms with Crippen LogP contribution < -0.4 is 5.48 Å². The van der Waals surface area contributed by atoms with Crippen molar-refractivity contribution in [1.82, 2.24) is 5.48 Å². The Kier molecular flexibility index (Phi) is 3.92. The smallest absolute Gasteiger partial charge is 0.159 e. The molecule has 3 heteroatoms. The minimum absolute atomic E-state index is 0.0171. The molecule has 9 heavy (non-hydrogen) atoms. The Morgan fingerprint density at radius 1 is 1.78 bits per heavy atom. The Morgan fingerprint density at radius 3 is 2.67 bits per heavy atom. The van der Waals surface area contributed by atoms with Gasteiger partial charge in [0.2, 0.25) is 0 Å². The summed E-state index contributed by atoms with van der Waals surface area (Å²) in [7, 11) is 0. The average Bonchev–Trinajstić information content (AvgIpc) is 1.82. The van der Waals surface area contributed by atoms with Crippen LogP contribution in [0.25, 0.3) is 0 Å². The normalized spacial score (nSPS) is 9.11. The fourth-order valence-corrected chi connectivity index (χ4v) is 0.383. The van der Waals surface area contributed by atoms with Gasteiger partial charge in [-0.15, -0.1) is 0 Å². The van der Waals surface area contributed by atoms with E-state index in [2.05, 4.69) is 6.58 Å². The number of hydrogen-bond donors (Lipinski definition) is 2. The highest BCUT2D eigenvalue weighted by Gasteiger charge is 1.99. The summed E-state index contributed by atoms with van der Waals surface area (Å²) < 4.78 is 0. The molecule has 0 amide bonds. The zero-order valence-electron chi connectivity index (χ0n) is 5.48. The predicted octanol–water partition coefficient (Wildman–Crippen LogP) is 0.501. The Labute approximate surface area is 54.3 Å². The molecule has 0 fully saturated rings. The molecule has 2 N–H and O–H groups in total. The molecule has 0 aromatic heterocycles. The fourth-order valence-electron chi connectivity index (χ4n) is 0.383. The van der Waals surface area contributed by atoms with Crippen molar-refractivity contribution in [3.8, 4) is 0 Å². The van der Waals surface area contributed by atoms with Gasteiger partial charge >= 0.3 is 0 Å². The van der Waals surface area contributed by atoms with Crippen LogP contribution in [-0.2, 0) is 4.79 Å². The van der Waals surface area contributed by atoms with Gasteiger partial charge in [-0.25, -0.2) is 5.48 Å². The number of hydrogen-bond acceptors (Lipinski definition) is 3. The maximum Gasteiger partial charge on any atom is 0.159 e. The first kappa shape index (κ1) is 8.33. The molecular formula is C6H11NO2. The van der Waals surface area contributed by atoms with E-state index in [9.17, 15) is 4.79 Å². The Balaban J connectivity index is 3.39. The van der Waals surface area contributed by atoms with Gasteiger partial charge in [0.05, 0.1) is 0 Å². The van der Waals surface area contributed by atoms with Gasteiger partial charge in [-0.2, -0.15) is 0 Å². The van der Waals surface area contributed by atoms with Crippen LogP contribution in [-0.4, -0.2) is 17.5 Å². The molecule has 0 bridgehead atoms. The third-order valence-corrected chi connectivity index (χ3v) is 0.940. The van der Waals surface area contributed by atoms with Gasteiger partial charge in [0.1, 0.15) is 0 Å². The van der Waals surface area contributed by atoms with E-state index in [0.717, 1.165) is 0 Å². The van der Waals surface area contributed by atoms with Crippen molar-refractivity contribution in [3.63, 3.8) is 0 Å². The Bertz CT molecular complexity index is 120. The number of carbonyl (C=O) groups is 1. The molecule has 0 aliphatic rings. The number of carbonyl (C=O) groups excluding carboxylic acids is 1. The van der Waals surface area contributed by atoms with E-state index in [-0.39, 0.29) is 5.78 Å². The van der Waals surface area contributed by atoms with E-state index in [1.54, 1.807) is 6.92 Å². The van der Waals surface area contributed by atoms with Gasteiger partial charge in [0.15, 0.2) is 5.78 Å². The molecule has 0 unspecified atom stereocenters. The fraction of sp³-hybridized carbons (Fsp3) is 0.500. The SMILES string of the molecule is C=C(C)C(=O)CCNO. The van der Waals surface area contributed by atoms with Crippen LogP contribution in [0, 0.1) is 0 Å². The maximum atomic E-state index is 10.7. The largest absolute Gasteiger partial charge is 0.317 e. The number of ketones is 1. The van der Waals surface area contributed by atoms with Gasteiger partial charge in [-0.1, -0.05) is 6.58 Å². The van der Waals surface area contributed by atoms with E-state index < -0.39 is 0 Å². The monoisotopic (exact) mass is 129 g/mol. The number of hydroxylamine groups is 1. The van der Waals surface area contributed by atoms with Crippen molar-refractivity contribution in [3.05, 3.63) is 12.2 Å². The minimum Gasteiger partial charge on any atom is -0.317 e. The molecule has 0 aromatic rings. The topological polar surface area (TPSA) is 49.3 Å². The highest BCUT2D eigenvalue weighted by atomic mass is 16.5. The van der Waals surface area contributed by atoms with Crippen molar-refractivity contribution in [2.75, 3.05) is 6.54 Å². The number of allylic oxidation sites excluding steroid dienone is 1. The molecule has 0 atom stereocenters. The van der Waals surface area contributed by atoms with E-state index in [4.69, 9.17) is 5.21 Å². The Hall–Kier alpha value is -0.670. The second-order valence-electron chi connectivity index (χ2n) is 1.86. The summed E-state index contributed by atoms with van der Waals surface area (Å²) in [5, 5.41) is 8.07. The summed E-state index contributed by atoms with van der Waals surface area (Å²) in [4.78, 5) is 10.7. The molecule has 0 aliphatic heterocycles. The first-order valence-corrected chi connectivity index (χ1v) is 2.74. The highest BCUT2D eigenvalue weighted by Crippen LogP contribution is 1.92. The second kappa shape index (κ2) is 4.23. The lowest BCUT2D eigenvalue weighted by atomic mass is 10.2. The summed E-state index contributed by atoms with van der Waals surface area (Å²) in [5.74, 6) is -0.0171. The quantitative estimate of drug-likeness (QED) is 0.429. The maximum absolute atomic E-state index is 10.7. The summed E-state index contributed by atoms with van der Waals surface area (Å²) in [6.07, 6.45) is 0.311. The van der Waals surface area contributed by atoms with Crippen LogP contribution in [0.5, 0.6) is 0 Å².